The average molecular weight is 669 g/mol. The van der Waals surface area contributed by atoms with Gasteiger partial charge in [-0.3, -0.25) is 4.79 Å². The van der Waals surface area contributed by atoms with Crippen molar-refractivity contribution in [1.29, 1.82) is 0 Å². The van der Waals surface area contributed by atoms with E-state index in [0.717, 1.165) is 27.8 Å². The topological polar surface area (TPSA) is 113 Å². The maximum atomic E-state index is 14.4. The second kappa shape index (κ2) is 13.7. The zero-order chi connectivity index (χ0) is 34.9. The molecule has 2 fully saturated rings. The molecule has 0 saturated carbocycles. The number of rotatable bonds is 10. The SMILES string of the molecule is C=CCOC(=O)[C@@H]1[C@H]2OC(C)(C)O[C@H]2CN1C(=O)[C@H](Cc1ccc(OC(C)(C)C)cc1)NC(=O)OCC1c2ccccc2-c2ccccc21. The summed E-state index contributed by atoms with van der Waals surface area (Å²) in [6.07, 6.45) is -0.441. The molecule has 4 atom stereocenters. The molecule has 0 spiro atoms. The van der Waals surface area contributed by atoms with Gasteiger partial charge in [-0.2, -0.15) is 0 Å². The Morgan fingerprint density at radius 2 is 1.59 bits per heavy atom. The fraction of sp³-hybridized carbons (Fsp3) is 0.410. The second-order valence-corrected chi connectivity index (χ2v) is 14.1. The molecule has 2 aliphatic heterocycles. The molecule has 3 aliphatic rings. The third-order valence-electron chi connectivity index (χ3n) is 8.83. The molecule has 0 radical (unpaired) electrons. The maximum Gasteiger partial charge on any atom is 0.407 e. The molecule has 2 heterocycles. The van der Waals surface area contributed by atoms with Gasteiger partial charge in [-0.15, -0.1) is 0 Å². The van der Waals surface area contributed by atoms with E-state index in [4.69, 9.17) is 23.7 Å². The lowest BCUT2D eigenvalue weighted by molar-refractivity contribution is -0.177. The first-order valence-corrected chi connectivity index (χ1v) is 16.7. The van der Waals surface area contributed by atoms with Crippen molar-refractivity contribution in [3.05, 3.63) is 102 Å². The number of esters is 1. The lowest BCUT2D eigenvalue weighted by Crippen LogP contribution is -2.55. The number of nitrogens with one attached hydrogen (secondary N) is 1. The van der Waals surface area contributed by atoms with Crippen molar-refractivity contribution in [3.63, 3.8) is 0 Å². The number of nitrogens with zero attached hydrogens (tertiary/aromatic N) is 1. The Balaban J connectivity index is 1.23. The second-order valence-electron chi connectivity index (χ2n) is 14.1. The third-order valence-corrected chi connectivity index (χ3v) is 8.83. The number of alkyl carbamates (subject to hydrolysis) is 1. The fourth-order valence-electron chi connectivity index (χ4n) is 6.94. The van der Waals surface area contributed by atoms with Gasteiger partial charge in [-0.1, -0.05) is 73.3 Å². The van der Waals surface area contributed by atoms with Gasteiger partial charge in [0.1, 0.15) is 42.8 Å². The first-order chi connectivity index (χ1) is 23.3. The monoisotopic (exact) mass is 668 g/mol. The van der Waals surface area contributed by atoms with Crippen molar-refractivity contribution in [2.75, 3.05) is 19.8 Å². The molecule has 1 aliphatic carbocycles. The van der Waals surface area contributed by atoms with Crippen LogP contribution in [-0.4, -0.2) is 78.3 Å². The molecule has 6 rings (SSSR count). The van der Waals surface area contributed by atoms with E-state index >= 15 is 0 Å². The minimum absolute atomic E-state index is 0.0244. The molecule has 10 nitrogen and oxygen atoms in total. The summed E-state index contributed by atoms with van der Waals surface area (Å²) in [5, 5.41) is 2.82. The molecular weight excluding hydrogens is 624 g/mol. The predicted octanol–water partition coefficient (Wildman–Crippen LogP) is 5.77. The Morgan fingerprint density at radius 3 is 2.20 bits per heavy atom. The summed E-state index contributed by atoms with van der Waals surface area (Å²) in [5.74, 6) is -1.52. The van der Waals surface area contributed by atoms with E-state index < -0.39 is 48.0 Å². The summed E-state index contributed by atoms with van der Waals surface area (Å²) in [5.41, 5.74) is 4.77. The van der Waals surface area contributed by atoms with Gasteiger partial charge in [0.2, 0.25) is 5.91 Å². The number of carbonyl (C=O) groups is 3. The zero-order valence-corrected chi connectivity index (χ0v) is 28.6. The lowest BCUT2D eigenvalue weighted by atomic mass is 9.98. The van der Waals surface area contributed by atoms with E-state index in [9.17, 15) is 14.4 Å². The summed E-state index contributed by atoms with van der Waals surface area (Å²) in [6.45, 7) is 13.2. The van der Waals surface area contributed by atoms with E-state index in [0.29, 0.717) is 5.75 Å². The predicted molar refractivity (Wildman–Crippen MR) is 183 cm³/mol. The van der Waals surface area contributed by atoms with Crippen molar-refractivity contribution >= 4 is 18.0 Å². The van der Waals surface area contributed by atoms with Crippen molar-refractivity contribution in [2.24, 2.45) is 0 Å². The third kappa shape index (κ3) is 7.50. The van der Waals surface area contributed by atoms with Crippen LogP contribution in [0.4, 0.5) is 4.79 Å². The van der Waals surface area contributed by atoms with Crippen LogP contribution in [0.1, 0.15) is 57.2 Å². The van der Waals surface area contributed by atoms with Crippen molar-refractivity contribution in [1.82, 2.24) is 10.2 Å². The molecular formula is C39H44N2O8. The van der Waals surface area contributed by atoms with Gasteiger partial charge in [-0.05, 0) is 74.6 Å². The summed E-state index contributed by atoms with van der Waals surface area (Å²) >= 11 is 0. The minimum atomic E-state index is -1.08. The van der Waals surface area contributed by atoms with Crippen LogP contribution in [0.2, 0.25) is 0 Å². The van der Waals surface area contributed by atoms with E-state index in [1.807, 2.05) is 81.4 Å². The quantitative estimate of drug-likeness (QED) is 0.214. The Morgan fingerprint density at radius 1 is 0.959 bits per heavy atom. The van der Waals surface area contributed by atoms with Crippen LogP contribution in [0.5, 0.6) is 5.75 Å². The minimum Gasteiger partial charge on any atom is -0.488 e. The first-order valence-electron chi connectivity index (χ1n) is 16.7. The first kappa shape index (κ1) is 34.2. The zero-order valence-electron chi connectivity index (χ0n) is 28.6. The fourth-order valence-corrected chi connectivity index (χ4v) is 6.94. The van der Waals surface area contributed by atoms with Crippen LogP contribution >= 0.6 is 0 Å². The molecule has 0 unspecified atom stereocenters. The summed E-state index contributed by atoms with van der Waals surface area (Å²) in [4.78, 5) is 42.7. The van der Waals surface area contributed by atoms with Gasteiger partial charge in [0.15, 0.2) is 11.8 Å². The lowest BCUT2D eigenvalue weighted by Gasteiger charge is -2.31. The normalized spacial score (nSPS) is 21.2. The highest BCUT2D eigenvalue weighted by molar-refractivity contribution is 5.91. The van der Waals surface area contributed by atoms with Crippen LogP contribution in [0.15, 0.2) is 85.5 Å². The van der Waals surface area contributed by atoms with Gasteiger partial charge in [0, 0.05) is 12.3 Å². The summed E-state index contributed by atoms with van der Waals surface area (Å²) in [7, 11) is 0. The number of carbonyl (C=O) groups excluding carboxylic acids is 3. The molecule has 49 heavy (non-hydrogen) atoms. The van der Waals surface area contributed by atoms with E-state index in [2.05, 4.69) is 24.0 Å². The van der Waals surface area contributed by atoms with Gasteiger partial charge in [0.05, 0.1) is 6.54 Å². The number of hydrogen-bond donors (Lipinski definition) is 1. The van der Waals surface area contributed by atoms with Crippen LogP contribution in [0.3, 0.4) is 0 Å². The molecule has 0 bridgehead atoms. The highest BCUT2D eigenvalue weighted by atomic mass is 16.8. The Labute approximate surface area is 287 Å². The summed E-state index contributed by atoms with van der Waals surface area (Å²) < 4.78 is 29.3. The number of ether oxygens (including phenoxy) is 5. The molecule has 1 N–H and O–H groups in total. The largest absolute Gasteiger partial charge is 0.488 e. The molecule has 3 aromatic rings. The van der Waals surface area contributed by atoms with Crippen molar-refractivity contribution in [2.45, 2.75) is 82.6 Å². The van der Waals surface area contributed by atoms with Crippen LogP contribution in [-0.2, 0) is 35.0 Å². The Hall–Kier alpha value is -4.67. The molecule has 2 amide bonds. The van der Waals surface area contributed by atoms with Crippen molar-refractivity contribution in [3.8, 4) is 16.9 Å². The molecule has 258 valence electrons. The standard InChI is InChI=1S/C39H44N2O8/c1-7-20-45-36(43)33-34-32(48-39(5,6)49-34)22-41(33)35(42)31(21-24-16-18-25(19-17-24)47-38(2,3)4)40-37(44)46-23-30-28-14-10-8-12-26(28)27-13-9-11-15-29(27)30/h7-19,30-34H,1,20-23H2,2-6H3,(H,40,44)/t31-,32-,33-,34-/m0/s1. The maximum absolute atomic E-state index is 14.4. The Bertz CT molecular complexity index is 1670. The Kier molecular flexibility index (Phi) is 9.55. The van der Waals surface area contributed by atoms with Gasteiger partial charge >= 0.3 is 12.1 Å². The number of likely N-dealkylation sites (tertiary alicyclic amines) is 1. The number of benzene rings is 3. The van der Waals surface area contributed by atoms with Gasteiger partial charge < -0.3 is 33.9 Å². The van der Waals surface area contributed by atoms with Crippen molar-refractivity contribution < 1.29 is 38.1 Å². The number of amides is 2. The molecule has 2 saturated heterocycles. The van der Waals surface area contributed by atoms with E-state index in [-0.39, 0.29) is 37.7 Å². The van der Waals surface area contributed by atoms with Crippen LogP contribution in [0, 0.1) is 0 Å². The number of hydrogen-bond acceptors (Lipinski definition) is 8. The molecule has 10 heteroatoms. The number of fused-ring (bicyclic) bond motifs is 4. The van der Waals surface area contributed by atoms with Crippen LogP contribution < -0.4 is 10.1 Å². The highest BCUT2D eigenvalue weighted by Crippen LogP contribution is 2.44. The summed E-state index contributed by atoms with van der Waals surface area (Å²) in [6, 6.07) is 21.4. The van der Waals surface area contributed by atoms with Crippen LogP contribution in [0.25, 0.3) is 11.1 Å². The van der Waals surface area contributed by atoms with E-state index in [1.165, 1.54) is 11.0 Å². The van der Waals surface area contributed by atoms with Gasteiger partial charge in [0.25, 0.3) is 0 Å². The average Bonchev–Trinajstić information content (AvgIpc) is 3.67. The smallest absolute Gasteiger partial charge is 0.407 e. The molecule has 0 aromatic heterocycles. The molecule has 3 aromatic carbocycles. The van der Waals surface area contributed by atoms with Gasteiger partial charge in [-0.25, -0.2) is 9.59 Å². The van der Waals surface area contributed by atoms with E-state index in [1.54, 1.807) is 13.8 Å². The highest BCUT2D eigenvalue weighted by Gasteiger charge is 2.57.